The lowest BCUT2D eigenvalue weighted by Crippen LogP contribution is -2.50. The van der Waals surface area contributed by atoms with E-state index in [0.717, 1.165) is 42.5 Å². The van der Waals surface area contributed by atoms with Crippen LogP contribution in [0.1, 0.15) is 46.6 Å². The van der Waals surface area contributed by atoms with E-state index >= 15 is 0 Å². The lowest BCUT2D eigenvalue weighted by molar-refractivity contribution is -0.132. The number of halogens is 1. The predicted molar refractivity (Wildman–Crippen MR) is 102 cm³/mol. The minimum Gasteiger partial charge on any atom is -0.339 e. The first kappa shape index (κ1) is 18.7. The molecule has 1 aliphatic carbocycles. The predicted octanol–water partition coefficient (Wildman–Crippen LogP) is 2.34. The molecule has 0 unspecified atom stereocenters. The van der Waals surface area contributed by atoms with Crippen molar-refractivity contribution in [3.8, 4) is 0 Å². The maximum absolute atomic E-state index is 13.2. The Kier molecular flexibility index (Phi) is 5.41. The first-order valence-electron chi connectivity index (χ1n) is 9.99. The molecule has 2 aromatic rings. The number of piperazine rings is 1. The van der Waals surface area contributed by atoms with E-state index in [4.69, 9.17) is 0 Å². The van der Waals surface area contributed by atoms with E-state index in [9.17, 15) is 14.0 Å². The van der Waals surface area contributed by atoms with Crippen molar-refractivity contribution >= 4 is 11.8 Å². The van der Waals surface area contributed by atoms with Crippen LogP contribution in [0.15, 0.2) is 24.3 Å². The summed E-state index contributed by atoms with van der Waals surface area (Å²) >= 11 is 0. The van der Waals surface area contributed by atoms with E-state index in [2.05, 4.69) is 10.2 Å². The van der Waals surface area contributed by atoms with Gasteiger partial charge in [-0.2, -0.15) is 5.10 Å². The summed E-state index contributed by atoms with van der Waals surface area (Å²) in [5.41, 5.74) is 3.55. The van der Waals surface area contributed by atoms with E-state index in [-0.39, 0.29) is 17.6 Å². The maximum atomic E-state index is 13.2. The molecule has 0 spiro atoms. The number of hydrogen-bond acceptors (Lipinski definition) is 3. The van der Waals surface area contributed by atoms with Crippen LogP contribution in [0.5, 0.6) is 0 Å². The highest BCUT2D eigenvalue weighted by Crippen LogP contribution is 2.23. The first-order valence-corrected chi connectivity index (χ1v) is 9.99. The van der Waals surface area contributed by atoms with Crippen LogP contribution in [-0.2, 0) is 24.1 Å². The summed E-state index contributed by atoms with van der Waals surface area (Å²) in [7, 11) is 0. The second-order valence-corrected chi connectivity index (χ2v) is 7.54. The summed E-state index contributed by atoms with van der Waals surface area (Å²) in [6.45, 7) is 2.10. The van der Waals surface area contributed by atoms with Crippen molar-refractivity contribution in [2.75, 3.05) is 26.2 Å². The molecule has 0 bridgehead atoms. The summed E-state index contributed by atoms with van der Waals surface area (Å²) in [5, 5.41) is 7.29. The van der Waals surface area contributed by atoms with E-state index in [0.29, 0.717) is 44.7 Å². The van der Waals surface area contributed by atoms with Crippen molar-refractivity contribution in [3.05, 3.63) is 52.6 Å². The zero-order valence-electron chi connectivity index (χ0n) is 15.9. The van der Waals surface area contributed by atoms with Crippen LogP contribution in [-0.4, -0.2) is 58.0 Å². The van der Waals surface area contributed by atoms with E-state index in [1.807, 2.05) is 6.07 Å². The quantitative estimate of drug-likeness (QED) is 0.880. The first-order chi connectivity index (χ1) is 13.6. The normalized spacial score (nSPS) is 16.8. The van der Waals surface area contributed by atoms with Crippen molar-refractivity contribution in [1.82, 2.24) is 20.0 Å². The van der Waals surface area contributed by atoms with Gasteiger partial charge in [0.2, 0.25) is 5.91 Å². The Balaban J connectivity index is 1.30. The molecule has 2 heterocycles. The van der Waals surface area contributed by atoms with Crippen molar-refractivity contribution < 1.29 is 14.0 Å². The van der Waals surface area contributed by atoms with Gasteiger partial charge in [-0.1, -0.05) is 12.1 Å². The number of hydrogen-bond donors (Lipinski definition) is 1. The molecule has 2 amide bonds. The number of benzene rings is 1. The van der Waals surface area contributed by atoms with Gasteiger partial charge in [0.15, 0.2) is 5.69 Å². The van der Waals surface area contributed by atoms with Crippen molar-refractivity contribution in [2.24, 2.45) is 0 Å². The van der Waals surface area contributed by atoms with Crippen LogP contribution in [0, 0.1) is 5.82 Å². The summed E-state index contributed by atoms with van der Waals surface area (Å²) < 4.78 is 13.2. The highest BCUT2D eigenvalue weighted by atomic mass is 19.1. The summed E-state index contributed by atoms with van der Waals surface area (Å²) in [6, 6.07) is 6.36. The Hall–Kier alpha value is -2.70. The fourth-order valence-electron chi connectivity index (χ4n) is 4.07. The molecule has 0 radical (unpaired) electrons. The van der Waals surface area contributed by atoms with E-state index in [1.165, 1.54) is 12.1 Å². The minimum atomic E-state index is -0.280. The van der Waals surface area contributed by atoms with Crippen LogP contribution in [0.3, 0.4) is 0 Å². The number of nitrogens with one attached hydrogen (secondary N) is 1. The SMILES string of the molecule is O=C(CCc1cccc(F)c1)N1CCN(C(=O)c2n[nH]c3c2CCCC3)CC1. The molecule has 1 aliphatic heterocycles. The molecule has 0 atom stereocenters. The van der Waals surface area contributed by atoms with Gasteiger partial charge in [0.05, 0.1) is 0 Å². The van der Waals surface area contributed by atoms with Gasteiger partial charge in [-0.25, -0.2) is 4.39 Å². The number of aromatic amines is 1. The lowest BCUT2D eigenvalue weighted by atomic mass is 9.95. The molecule has 1 aromatic carbocycles. The highest BCUT2D eigenvalue weighted by Gasteiger charge is 2.29. The molecule has 1 fully saturated rings. The van der Waals surface area contributed by atoms with Gasteiger partial charge in [0.25, 0.3) is 5.91 Å². The molecule has 4 rings (SSSR count). The van der Waals surface area contributed by atoms with Gasteiger partial charge in [-0.3, -0.25) is 14.7 Å². The van der Waals surface area contributed by atoms with Crippen molar-refractivity contribution in [1.29, 1.82) is 0 Å². The fraction of sp³-hybridized carbons (Fsp3) is 0.476. The Morgan fingerprint density at radius 2 is 1.82 bits per heavy atom. The molecule has 6 nitrogen and oxygen atoms in total. The van der Waals surface area contributed by atoms with Gasteiger partial charge < -0.3 is 9.80 Å². The number of amides is 2. The number of aryl methyl sites for hydroxylation is 2. The highest BCUT2D eigenvalue weighted by molar-refractivity contribution is 5.94. The number of rotatable bonds is 4. The summed E-state index contributed by atoms with van der Waals surface area (Å²) in [4.78, 5) is 28.9. The number of nitrogens with zero attached hydrogens (tertiary/aromatic N) is 3. The largest absolute Gasteiger partial charge is 0.339 e. The van der Waals surface area contributed by atoms with Crippen molar-refractivity contribution in [3.63, 3.8) is 0 Å². The molecular weight excluding hydrogens is 359 g/mol. The average Bonchev–Trinajstić information content (AvgIpc) is 3.16. The van der Waals surface area contributed by atoms with Gasteiger partial charge in [-0.15, -0.1) is 0 Å². The topological polar surface area (TPSA) is 69.3 Å². The van der Waals surface area contributed by atoms with Gasteiger partial charge in [-0.05, 0) is 49.8 Å². The van der Waals surface area contributed by atoms with Crippen LogP contribution >= 0.6 is 0 Å². The Bertz CT molecular complexity index is 871. The van der Waals surface area contributed by atoms with Crippen LogP contribution in [0.4, 0.5) is 4.39 Å². The second-order valence-electron chi connectivity index (χ2n) is 7.54. The van der Waals surface area contributed by atoms with Crippen LogP contribution in [0.25, 0.3) is 0 Å². The van der Waals surface area contributed by atoms with Gasteiger partial charge in [0.1, 0.15) is 5.82 Å². The molecule has 28 heavy (non-hydrogen) atoms. The molecule has 0 saturated carbocycles. The zero-order chi connectivity index (χ0) is 19.5. The van der Waals surface area contributed by atoms with E-state index in [1.54, 1.807) is 15.9 Å². The van der Waals surface area contributed by atoms with E-state index < -0.39 is 0 Å². The Morgan fingerprint density at radius 3 is 2.61 bits per heavy atom. The zero-order valence-corrected chi connectivity index (χ0v) is 15.9. The number of carbonyl (C=O) groups excluding carboxylic acids is 2. The lowest BCUT2D eigenvalue weighted by Gasteiger charge is -2.34. The second kappa shape index (κ2) is 8.12. The number of aromatic nitrogens is 2. The summed E-state index contributed by atoms with van der Waals surface area (Å²) in [5.74, 6) is -0.266. The number of H-pyrrole nitrogens is 1. The van der Waals surface area contributed by atoms with Crippen molar-refractivity contribution in [2.45, 2.75) is 38.5 Å². The molecular formula is C21H25FN4O2. The van der Waals surface area contributed by atoms with Gasteiger partial charge in [0, 0.05) is 43.9 Å². The number of fused-ring (bicyclic) bond motifs is 1. The van der Waals surface area contributed by atoms with Crippen LogP contribution in [0.2, 0.25) is 0 Å². The standard InChI is InChI=1S/C21H25FN4O2/c22-16-5-3-4-15(14-16)8-9-19(27)25-10-12-26(13-11-25)21(28)20-17-6-1-2-7-18(17)23-24-20/h3-5,14H,1-2,6-13H2,(H,23,24). The third-order valence-electron chi connectivity index (χ3n) is 5.70. The Morgan fingerprint density at radius 1 is 1.07 bits per heavy atom. The fourth-order valence-corrected chi connectivity index (χ4v) is 4.07. The number of carbonyl (C=O) groups is 2. The average molecular weight is 384 g/mol. The maximum Gasteiger partial charge on any atom is 0.274 e. The molecule has 148 valence electrons. The minimum absolute atomic E-state index is 0.0359. The third kappa shape index (κ3) is 3.93. The van der Waals surface area contributed by atoms with Crippen LogP contribution < -0.4 is 0 Å². The Labute approximate surface area is 163 Å². The summed E-state index contributed by atoms with van der Waals surface area (Å²) in [6.07, 6.45) is 4.98. The molecule has 7 heteroatoms. The molecule has 1 aromatic heterocycles. The molecule has 1 saturated heterocycles. The molecule has 2 aliphatic rings. The smallest absolute Gasteiger partial charge is 0.274 e. The third-order valence-corrected chi connectivity index (χ3v) is 5.70. The monoisotopic (exact) mass is 384 g/mol. The van der Waals surface area contributed by atoms with Gasteiger partial charge >= 0.3 is 0 Å². The molecule has 1 N–H and O–H groups in total.